The quantitative estimate of drug-likeness (QED) is 0.908. The summed E-state index contributed by atoms with van der Waals surface area (Å²) in [6, 6.07) is 7.01. The van der Waals surface area contributed by atoms with Gasteiger partial charge >= 0.3 is 0 Å². The fourth-order valence-corrected chi connectivity index (χ4v) is 2.99. The van der Waals surface area contributed by atoms with Gasteiger partial charge in [-0.05, 0) is 31.3 Å². The van der Waals surface area contributed by atoms with Gasteiger partial charge in [-0.25, -0.2) is 0 Å². The van der Waals surface area contributed by atoms with Crippen LogP contribution < -0.4 is 15.0 Å². The number of aromatic nitrogens is 1. The van der Waals surface area contributed by atoms with Gasteiger partial charge in [0.1, 0.15) is 5.75 Å². The van der Waals surface area contributed by atoms with Crippen LogP contribution in [0, 0.1) is 0 Å². The van der Waals surface area contributed by atoms with E-state index >= 15 is 0 Å². The molecule has 1 aromatic carbocycles. The Labute approximate surface area is 152 Å². The van der Waals surface area contributed by atoms with Gasteiger partial charge < -0.3 is 19.9 Å². The molecule has 132 valence electrons. The van der Waals surface area contributed by atoms with Crippen LogP contribution in [-0.4, -0.2) is 56.1 Å². The Balaban J connectivity index is 1.72. The van der Waals surface area contributed by atoms with Crippen LogP contribution in [-0.2, 0) is 0 Å². The summed E-state index contributed by atoms with van der Waals surface area (Å²) in [7, 11) is 3.66. The Morgan fingerprint density at radius 2 is 1.96 bits per heavy atom. The van der Waals surface area contributed by atoms with Crippen LogP contribution >= 0.6 is 11.6 Å². The minimum absolute atomic E-state index is 0.218. The van der Waals surface area contributed by atoms with Gasteiger partial charge in [0.25, 0.3) is 5.91 Å². The van der Waals surface area contributed by atoms with E-state index in [-0.39, 0.29) is 5.91 Å². The van der Waals surface area contributed by atoms with E-state index in [0.29, 0.717) is 22.0 Å². The lowest BCUT2D eigenvalue weighted by atomic mass is 10.2. The summed E-state index contributed by atoms with van der Waals surface area (Å²) in [5.74, 6) is 0.350. The van der Waals surface area contributed by atoms with Gasteiger partial charge in [0.05, 0.1) is 29.6 Å². The maximum absolute atomic E-state index is 12.5. The molecule has 0 aliphatic carbocycles. The molecule has 0 bridgehead atoms. The van der Waals surface area contributed by atoms with Crippen LogP contribution in [0.5, 0.6) is 5.75 Å². The molecule has 1 aliphatic rings. The molecule has 7 heteroatoms. The number of anilines is 2. The predicted octanol–water partition coefficient (Wildman–Crippen LogP) is 2.75. The van der Waals surface area contributed by atoms with Gasteiger partial charge in [0.2, 0.25) is 0 Å². The monoisotopic (exact) mass is 360 g/mol. The summed E-state index contributed by atoms with van der Waals surface area (Å²) in [5.41, 5.74) is 2.10. The highest BCUT2D eigenvalue weighted by atomic mass is 35.5. The van der Waals surface area contributed by atoms with Crippen molar-refractivity contribution in [3.8, 4) is 5.75 Å². The van der Waals surface area contributed by atoms with E-state index < -0.39 is 0 Å². The molecule has 25 heavy (non-hydrogen) atoms. The normalized spacial score (nSPS) is 15.1. The molecule has 0 atom stereocenters. The van der Waals surface area contributed by atoms with Crippen molar-refractivity contribution in [2.45, 2.75) is 0 Å². The minimum Gasteiger partial charge on any atom is -0.495 e. The number of likely N-dealkylation sites (N-methyl/N-ethyl adjacent to an activating group) is 1. The number of rotatable bonds is 4. The van der Waals surface area contributed by atoms with E-state index in [0.717, 1.165) is 31.9 Å². The zero-order valence-corrected chi connectivity index (χ0v) is 15.1. The molecule has 1 fully saturated rings. The van der Waals surface area contributed by atoms with Crippen LogP contribution in [0.4, 0.5) is 11.4 Å². The molecule has 2 aromatic rings. The number of piperazine rings is 1. The number of nitrogens with one attached hydrogen (secondary N) is 1. The van der Waals surface area contributed by atoms with Crippen molar-refractivity contribution in [1.82, 2.24) is 9.88 Å². The Bertz CT molecular complexity index is 760. The van der Waals surface area contributed by atoms with Crippen molar-refractivity contribution in [3.05, 3.63) is 47.2 Å². The SMILES string of the molecule is COc1ccc(NC(=O)c2cncc(N3CCN(C)CC3)c2)cc1Cl. The van der Waals surface area contributed by atoms with Crippen LogP contribution in [0.1, 0.15) is 10.4 Å². The minimum atomic E-state index is -0.218. The smallest absolute Gasteiger partial charge is 0.257 e. The molecule has 1 N–H and O–H groups in total. The number of amides is 1. The number of methoxy groups -OCH3 is 1. The highest BCUT2D eigenvalue weighted by molar-refractivity contribution is 6.32. The van der Waals surface area contributed by atoms with Crippen LogP contribution in [0.3, 0.4) is 0 Å². The number of nitrogens with zero attached hydrogens (tertiary/aromatic N) is 3. The zero-order valence-electron chi connectivity index (χ0n) is 14.3. The fraction of sp³-hybridized carbons (Fsp3) is 0.333. The molecule has 0 spiro atoms. The molecule has 1 aromatic heterocycles. The molecule has 1 amide bonds. The van der Waals surface area contributed by atoms with Gasteiger partial charge in [0.15, 0.2) is 0 Å². The van der Waals surface area contributed by atoms with E-state index in [4.69, 9.17) is 16.3 Å². The number of pyridine rings is 1. The van der Waals surface area contributed by atoms with E-state index in [1.165, 1.54) is 0 Å². The number of halogens is 1. The molecular formula is C18H21ClN4O2. The van der Waals surface area contributed by atoms with Crippen molar-refractivity contribution in [2.24, 2.45) is 0 Å². The number of benzene rings is 1. The highest BCUT2D eigenvalue weighted by Gasteiger charge is 2.16. The third-order valence-corrected chi connectivity index (χ3v) is 4.56. The Hall–Kier alpha value is -2.31. The first kappa shape index (κ1) is 17.5. The van der Waals surface area contributed by atoms with Crippen molar-refractivity contribution in [2.75, 3.05) is 50.6 Å². The van der Waals surface area contributed by atoms with Crippen molar-refractivity contribution in [1.29, 1.82) is 0 Å². The summed E-state index contributed by atoms with van der Waals surface area (Å²) in [6.45, 7) is 3.86. The van der Waals surface area contributed by atoms with E-state index in [9.17, 15) is 4.79 Å². The topological polar surface area (TPSA) is 57.7 Å². The Kier molecular flexibility index (Phi) is 5.40. The summed E-state index contributed by atoms with van der Waals surface area (Å²) in [6.07, 6.45) is 3.37. The fourth-order valence-electron chi connectivity index (χ4n) is 2.74. The first-order valence-corrected chi connectivity index (χ1v) is 8.48. The zero-order chi connectivity index (χ0) is 17.8. The van der Waals surface area contributed by atoms with Gasteiger partial charge in [-0.1, -0.05) is 11.6 Å². The predicted molar refractivity (Wildman–Crippen MR) is 99.9 cm³/mol. The number of ether oxygens (including phenoxy) is 1. The van der Waals surface area contributed by atoms with Crippen molar-refractivity contribution in [3.63, 3.8) is 0 Å². The van der Waals surface area contributed by atoms with Crippen LogP contribution in [0.25, 0.3) is 0 Å². The standard InChI is InChI=1S/C18H21ClN4O2/c1-22-5-7-23(8-6-22)15-9-13(11-20-12-15)18(24)21-14-3-4-17(25-2)16(19)10-14/h3-4,9-12H,5-8H2,1-2H3,(H,21,24). The van der Waals surface area contributed by atoms with Crippen LogP contribution in [0.2, 0.25) is 5.02 Å². The molecule has 2 heterocycles. The Morgan fingerprint density at radius 3 is 2.64 bits per heavy atom. The number of hydrogen-bond acceptors (Lipinski definition) is 5. The molecule has 3 rings (SSSR count). The molecule has 6 nitrogen and oxygen atoms in total. The maximum atomic E-state index is 12.5. The second kappa shape index (κ2) is 7.72. The average molecular weight is 361 g/mol. The molecular weight excluding hydrogens is 340 g/mol. The molecule has 0 unspecified atom stereocenters. The first-order valence-electron chi connectivity index (χ1n) is 8.10. The van der Waals surface area contributed by atoms with Gasteiger partial charge in [-0.2, -0.15) is 0 Å². The summed E-state index contributed by atoms with van der Waals surface area (Å²) >= 11 is 6.10. The van der Waals surface area contributed by atoms with Crippen LogP contribution in [0.15, 0.2) is 36.7 Å². The second-order valence-corrected chi connectivity index (χ2v) is 6.43. The lowest BCUT2D eigenvalue weighted by Crippen LogP contribution is -2.44. The third kappa shape index (κ3) is 4.21. The van der Waals surface area contributed by atoms with E-state index in [2.05, 4.69) is 27.1 Å². The lowest BCUT2D eigenvalue weighted by molar-refractivity contribution is 0.102. The van der Waals surface area contributed by atoms with Crippen molar-refractivity contribution >= 4 is 28.9 Å². The number of hydrogen-bond donors (Lipinski definition) is 1. The number of carbonyl (C=O) groups excluding carboxylic acids is 1. The van der Waals surface area contributed by atoms with E-state index in [1.54, 1.807) is 37.7 Å². The van der Waals surface area contributed by atoms with E-state index in [1.807, 2.05) is 6.07 Å². The summed E-state index contributed by atoms with van der Waals surface area (Å²) < 4.78 is 5.12. The van der Waals surface area contributed by atoms with Gasteiger partial charge in [0, 0.05) is 38.1 Å². The van der Waals surface area contributed by atoms with Gasteiger partial charge in [-0.3, -0.25) is 9.78 Å². The summed E-state index contributed by atoms with van der Waals surface area (Å²) in [5, 5.41) is 3.29. The van der Waals surface area contributed by atoms with Gasteiger partial charge in [-0.15, -0.1) is 0 Å². The molecule has 1 saturated heterocycles. The lowest BCUT2D eigenvalue weighted by Gasteiger charge is -2.33. The molecule has 0 saturated carbocycles. The average Bonchev–Trinajstić information content (AvgIpc) is 2.62. The Morgan fingerprint density at radius 1 is 1.20 bits per heavy atom. The maximum Gasteiger partial charge on any atom is 0.257 e. The number of carbonyl (C=O) groups is 1. The molecule has 0 radical (unpaired) electrons. The highest BCUT2D eigenvalue weighted by Crippen LogP contribution is 2.27. The summed E-state index contributed by atoms with van der Waals surface area (Å²) in [4.78, 5) is 21.3. The van der Waals surface area contributed by atoms with Crippen molar-refractivity contribution < 1.29 is 9.53 Å². The second-order valence-electron chi connectivity index (χ2n) is 6.03. The molecule has 1 aliphatic heterocycles. The first-order chi connectivity index (χ1) is 12.1. The largest absolute Gasteiger partial charge is 0.495 e. The third-order valence-electron chi connectivity index (χ3n) is 4.26.